The van der Waals surface area contributed by atoms with Gasteiger partial charge in [-0.05, 0) is 35.1 Å². The summed E-state index contributed by atoms with van der Waals surface area (Å²) in [5.74, 6) is -1.71. The SMILES string of the molecule is COC(=O)C12CN(C(=O)OCC3c4ccccc4-c4ccccc43)C(C(=O)O)(C1)C2. The number of rotatable bonds is 4. The molecule has 1 saturated carbocycles. The fourth-order valence-corrected chi connectivity index (χ4v) is 5.43. The highest BCUT2D eigenvalue weighted by molar-refractivity contribution is 5.94. The number of carbonyl (C=O) groups excluding carboxylic acids is 2. The van der Waals surface area contributed by atoms with Gasteiger partial charge in [0.1, 0.15) is 12.1 Å². The summed E-state index contributed by atoms with van der Waals surface area (Å²) in [7, 11) is 1.27. The van der Waals surface area contributed by atoms with Crippen LogP contribution in [0.15, 0.2) is 48.5 Å². The van der Waals surface area contributed by atoms with Gasteiger partial charge in [0.15, 0.2) is 0 Å². The van der Waals surface area contributed by atoms with Crippen LogP contribution in [0.2, 0.25) is 0 Å². The lowest BCUT2D eigenvalue weighted by Gasteiger charge is -2.42. The normalized spacial score (nSPS) is 25.8. The van der Waals surface area contributed by atoms with Crippen LogP contribution >= 0.6 is 0 Å². The third-order valence-electron chi connectivity index (χ3n) is 6.81. The van der Waals surface area contributed by atoms with E-state index in [1.165, 1.54) is 12.0 Å². The van der Waals surface area contributed by atoms with Crippen LogP contribution in [0.25, 0.3) is 11.1 Å². The van der Waals surface area contributed by atoms with Crippen molar-refractivity contribution < 1.29 is 29.0 Å². The van der Waals surface area contributed by atoms with E-state index in [9.17, 15) is 19.5 Å². The number of carboxylic acid groups (broad SMARTS) is 1. The summed E-state index contributed by atoms with van der Waals surface area (Å²) >= 11 is 0. The highest BCUT2D eigenvalue weighted by Crippen LogP contribution is 2.60. The molecule has 7 nitrogen and oxygen atoms in total. The molecule has 2 aliphatic carbocycles. The Morgan fingerprint density at radius 2 is 1.60 bits per heavy atom. The molecular weight excluding hydrogens is 386 g/mol. The molecule has 2 bridgehead atoms. The van der Waals surface area contributed by atoms with Gasteiger partial charge in [0.2, 0.25) is 0 Å². The number of methoxy groups -OCH3 is 1. The molecule has 1 amide bonds. The Hall–Kier alpha value is -3.35. The average Bonchev–Trinajstić information content (AvgIpc) is 3.37. The van der Waals surface area contributed by atoms with E-state index >= 15 is 0 Å². The van der Waals surface area contributed by atoms with Crippen molar-refractivity contribution in [3.8, 4) is 11.1 Å². The van der Waals surface area contributed by atoms with Gasteiger partial charge < -0.3 is 14.6 Å². The van der Waals surface area contributed by atoms with E-state index in [2.05, 4.69) is 0 Å². The van der Waals surface area contributed by atoms with Gasteiger partial charge in [0.05, 0.1) is 12.5 Å². The van der Waals surface area contributed by atoms with Crippen molar-refractivity contribution in [2.45, 2.75) is 24.3 Å². The predicted molar refractivity (Wildman–Crippen MR) is 106 cm³/mol. The van der Waals surface area contributed by atoms with Crippen molar-refractivity contribution in [1.82, 2.24) is 4.90 Å². The van der Waals surface area contributed by atoms with Gasteiger partial charge in [-0.3, -0.25) is 9.69 Å². The number of aliphatic carboxylic acids is 1. The van der Waals surface area contributed by atoms with Crippen molar-refractivity contribution in [3.05, 3.63) is 59.7 Å². The van der Waals surface area contributed by atoms with Crippen LogP contribution in [-0.4, -0.2) is 53.8 Å². The largest absolute Gasteiger partial charge is 0.479 e. The first-order valence-electron chi connectivity index (χ1n) is 9.86. The van der Waals surface area contributed by atoms with Crippen molar-refractivity contribution in [3.63, 3.8) is 0 Å². The van der Waals surface area contributed by atoms with Crippen molar-refractivity contribution in [2.75, 3.05) is 20.3 Å². The van der Waals surface area contributed by atoms with E-state index in [1.807, 2.05) is 48.5 Å². The third kappa shape index (κ3) is 2.35. The van der Waals surface area contributed by atoms with E-state index in [0.29, 0.717) is 0 Å². The number of nitrogens with zero attached hydrogens (tertiary/aromatic N) is 1. The highest BCUT2D eigenvalue weighted by Gasteiger charge is 2.74. The van der Waals surface area contributed by atoms with E-state index < -0.39 is 29.0 Å². The second kappa shape index (κ2) is 6.32. The van der Waals surface area contributed by atoms with Crippen LogP contribution < -0.4 is 0 Å². The Morgan fingerprint density at radius 3 is 2.13 bits per heavy atom. The topological polar surface area (TPSA) is 93.1 Å². The molecule has 30 heavy (non-hydrogen) atoms. The minimum absolute atomic E-state index is 0.00263. The van der Waals surface area contributed by atoms with E-state index in [4.69, 9.17) is 9.47 Å². The maximum atomic E-state index is 12.9. The maximum absolute atomic E-state index is 12.9. The molecule has 2 aromatic rings. The van der Waals surface area contributed by atoms with Gasteiger partial charge in [-0.25, -0.2) is 9.59 Å². The lowest BCUT2D eigenvalue weighted by atomic mass is 9.62. The predicted octanol–water partition coefficient (Wildman–Crippen LogP) is 3.03. The van der Waals surface area contributed by atoms with Crippen LogP contribution in [0, 0.1) is 5.41 Å². The molecule has 6 rings (SSSR count). The molecule has 1 N–H and O–H groups in total. The first-order chi connectivity index (χ1) is 14.4. The molecule has 0 radical (unpaired) electrons. The number of ether oxygens (including phenoxy) is 2. The second-order valence-corrected chi connectivity index (χ2v) is 8.35. The van der Waals surface area contributed by atoms with Crippen molar-refractivity contribution >= 4 is 18.0 Å². The molecule has 4 aliphatic rings. The van der Waals surface area contributed by atoms with Gasteiger partial charge in [-0.1, -0.05) is 48.5 Å². The van der Waals surface area contributed by atoms with Crippen LogP contribution in [0.4, 0.5) is 4.79 Å². The molecular formula is C23H21NO6. The third-order valence-corrected chi connectivity index (χ3v) is 6.81. The molecule has 7 heteroatoms. The summed E-state index contributed by atoms with van der Waals surface area (Å²) in [6.45, 7) is 0.104. The molecule has 3 fully saturated rings. The fourth-order valence-electron chi connectivity index (χ4n) is 5.43. The lowest BCUT2D eigenvalue weighted by molar-refractivity contribution is -0.164. The van der Waals surface area contributed by atoms with Crippen LogP contribution in [-0.2, 0) is 19.1 Å². The summed E-state index contributed by atoms with van der Waals surface area (Å²) in [5.41, 5.74) is 2.05. The quantitative estimate of drug-likeness (QED) is 0.783. The number of carboxylic acids is 1. The molecule has 0 atom stereocenters. The number of amides is 1. The van der Waals surface area contributed by atoms with Gasteiger partial charge in [-0.2, -0.15) is 0 Å². The van der Waals surface area contributed by atoms with Gasteiger partial charge in [0.25, 0.3) is 0 Å². The Bertz CT molecular complexity index is 1030. The Morgan fingerprint density at radius 1 is 1.03 bits per heavy atom. The van der Waals surface area contributed by atoms with Crippen LogP contribution in [0.5, 0.6) is 0 Å². The smallest absolute Gasteiger partial charge is 0.410 e. The monoisotopic (exact) mass is 407 g/mol. The van der Waals surface area contributed by atoms with Gasteiger partial charge in [0, 0.05) is 12.5 Å². The minimum atomic E-state index is -1.39. The highest BCUT2D eigenvalue weighted by atomic mass is 16.6. The Kier molecular flexibility index (Phi) is 3.93. The standard InChI is InChI=1S/C23H21NO6/c1-29-20(27)22-11-23(12-22,19(25)26)24(13-22)21(28)30-10-18-16-8-4-2-6-14(16)15-7-3-5-9-17(15)18/h2-9,18H,10-13H2,1H3,(H,25,26). The molecule has 2 heterocycles. The zero-order valence-corrected chi connectivity index (χ0v) is 16.5. The van der Waals surface area contributed by atoms with Crippen LogP contribution in [0.3, 0.4) is 0 Å². The second-order valence-electron chi connectivity index (χ2n) is 8.35. The Balaban J connectivity index is 1.37. The average molecular weight is 407 g/mol. The maximum Gasteiger partial charge on any atom is 0.410 e. The summed E-state index contributed by atoms with van der Waals surface area (Å²) in [5, 5.41) is 9.74. The molecule has 2 aromatic carbocycles. The van der Waals surface area contributed by atoms with Gasteiger partial charge >= 0.3 is 18.0 Å². The summed E-state index contributed by atoms with van der Waals surface area (Å²) in [6, 6.07) is 16.0. The summed E-state index contributed by atoms with van der Waals surface area (Å²) < 4.78 is 10.5. The number of hydrogen-bond donors (Lipinski definition) is 1. The lowest BCUT2D eigenvalue weighted by Crippen LogP contribution is -2.58. The van der Waals surface area contributed by atoms with Gasteiger partial charge in [-0.15, -0.1) is 0 Å². The molecule has 2 aliphatic heterocycles. The molecule has 0 spiro atoms. The number of carbonyl (C=O) groups is 3. The number of hydrogen-bond acceptors (Lipinski definition) is 5. The fraction of sp³-hybridized carbons (Fsp3) is 0.348. The van der Waals surface area contributed by atoms with Crippen molar-refractivity contribution in [1.29, 1.82) is 0 Å². The summed E-state index contributed by atoms with van der Waals surface area (Å²) in [6.07, 6.45) is -0.583. The zero-order chi connectivity index (χ0) is 21.1. The summed E-state index contributed by atoms with van der Waals surface area (Å²) in [4.78, 5) is 38.2. The van der Waals surface area contributed by atoms with Crippen LogP contribution in [0.1, 0.15) is 29.9 Å². The number of esters is 1. The molecule has 0 unspecified atom stereocenters. The van der Waals surface area contributed by atoms with E-state index in [0.717, 1.165) is 22.3 Å². The van der Waals surface area contributed by atoms with E-state index in [-0.39, 0.29) is 31.9 Å². The first-order valence-corrected chi connectivity index (χ1v) is 9.86. The van der Waals surface area contributed by atoms with E-state index in [1.54, 1.807) is 0 Å². The molecule has 2 saturated heterocycles. The molecule has 154 valence electrons. The Labute approximate surface area is 173 Å². The number of fused-ring (bicyclic) bond motifs is 4. The first kappa shape index (κ1) is 18.7. The minimum Gasteiger partial charge on any atom is -0.479 e. The number of benzene rings is 2. The zero-order valence-electron chi connectivity index (χ0n) is 16.5. The molecule has 0 aromatic heterocycles. The van der Waals surface area contributed by atoms with Crippen molar-refractivity contribution in [2.24, 2.45) is 5.41 Å².